The first-order chi connectivity index (χ1) is 11.8. The maximum absolute atomic E-state index is 14.6. The molecule has 3 nitrogen and oxygen atoms in total. The molecule has 122 valence electrons. The highest BCUT2D eigenvalue weighted by molar-refractivity contribution is 5.31. The Morgan fingerprint density at radius 1 is 1.00 bits per heavy atom. The Balaban J connectivity index is 1.77. The van der Waals surface area contributed by atoms with Crippen LogP contribution in [-0.2, 0) is 13.1 Å². The zero-order valence-corrected chi connectivity index (χ0v) is 13.5. The minimum Gasteiger partial charge on any atom is -0.350 e. The van der Waals surface area contributed by atoms with Crippen molar-refractivity contribution in [2.24, 2.45) is 0 Å². The third kappa shape index (κ3) is 2.85. The van der Waals surface area contributed by atoms with Gasteiger partial charge in [0.1, 0.15) is 5.82 Å². The summed E-state index contributed by atoms with van der Waals surface area (Å²) >= 11 is 0. The predicted octanol–water partition coefficient (Wildman–Crippen LogP) is 4.02. The molecule has 1 aliphatic heterocycles. The minimum absolute atomic E-state index is 0.0723. The van der Waals surface area contributed by atoms with Crippen LogP contribution in [0.1, 0.15) is 29.3 Å². The van der Waals surface area contributed by atoms with Crippen molar-refractivity contribution in [1.82, 2.24) is 14.5 Å². The van der Waals surface area contributed by atoms with Gasteiger partial charge in [-0.3, -0.25) is 9.88 Å². The number of benzene rings is 1. The van der Waals surface area contributed by atoms with E-state index in [4.69, 9.17) is 0 Å². The first-order valence-corrected chi connectivity index (χ1v) is 8.35. The van der Waals surface area contributed by atoms with Crippen molar-refractivity contribution in [3.05, 3.63) is 89.8 Å². The molecule has 0 radical (unpaired) electrons. The van der Waals surface area contributed by atoms with Crippen LogP contribution in [0.3, 0.4) is 0 Å². The van der Waals surface area contributed by atoms with Crippen LogP contribution in [0.15, 0.2) is 67.1 Å². The molecule has 1 aromatic carbocycles. The number of hydrogen-bond donors (Lipinski definition) is 0. The fourth-order valence-electron chi connectivity index (χ4n) is 3.59. The topological polar surface area (TPSA) is 21.1 Å². The largest absolute Gasteiger partial charge is 0.350 e. The first-order valence-electron chi connectivity index (χ1n) is 8.35. The average molecular weight is 321 g/mol. The van der Waals surface area contributed by atoms with E-state index in [0.29, 0.717) is 0 Å². The smallest absolute Gasteiger partial charge is 0.128 e. The van der Waals surface area contributed by atoms with Gasteiger partial charge in [0.05, 0.1) is 6.04 Å². The number of aryl methyl sites for hydroxylation is 1. The summed E-state index contributed by atoms with van der Waals surface area (Å²) in [6, 6.07) is 15.3. The summed E-state index contributed by atoms with van der Waals surface area (Å²) in [4.78, 5) is 6.46. The molecule has 0 N–H and O–H groups in total. The molecule has 0 saturated heterocycles. The van der Waals surface area contributed by atoms with Gasteiger partial charge in [0, 0.05) is 49.5 Å². The Kier molecular flexibility index (Phi) is 4.13. The lowest BCUT2D eigenvalue weighted by atomic mass is 10.0. The molecule has 4 rings (SSSR count). The van der Waals surface area contributed by atoms with Crippen molar-refractivity contribution < 1.29 is 4.39 Å². The molecular formula is C20H20FN3. The van der Waals surface area contributed by atoms with E-state index >= 15 is 0 Å². The summed E-state index contributed by atoms with van der Waals surface area (Å²) in [5, 5.41) is 0. The third-order valence-electron chi connectivity index (χ3n) is 4.69. The molecule has 0 saturated carbocycles. The van der Waals surface area contributed by atoms with Crippen LogP contribution in [0.2, 0.25) is 0 Å². The second kappa shape index (κ2) is 6.57. The fraction of sp³-hybridized carbons (Fsp3) is 0.250. The van der Waals surface area contributed by atoms with Crippen LogP contribution >= 0.6 is 0 Å². The third-order valence-corrected chi connectivity index (χ3v) is 4.69. The van der Waals surface area contributed by atoms with E-state index in [-0.39, 0.29) is 11.9 Å². The monoisotopic (exact) mass is 321 g/mol. The highest BCUT2D eigenvalue weighted by Crippen LogP contribution is 2.34. The van der Waals surface area contributed by atoms with Crippen molar-refractivity contribution in [3.63, 3.8) is 0 Å². The summed E-state index contributed by atoms with van der Waals surface area (Å²) in [5.74, 6) is -0.142. The summed E-state index contributed by atoms with van der Waals surface area (Å²) in [6.45, 7) is 2.69. The lowest BCUT2D eigenvalue weighted by Gasteiger charge is -2.30. The van der Waals surface area contributed by atoms with Gasteiger partial charge in [-0.05, 0) is 42.3 Å². The van der Waals surface area contributed by atoms with Gasteiger partial charge in [0.25, 0.3) is 0 Å². The molecule has 0 bridgehead atoms. The number of hydrogen-bond acceptors (Lipinski definition) is 2. The molecule has 0 fully saturated rings. The molecule has 1 atom stereocenters. The summed E-state index contributed by atoms with van der Waals surface area (Å²) in [7, 11) is 0. The lowest BCUT2D eigenvalue weighted by Crippen LogP contribution is -2.30. The van der Waals surface area contributed by atoms with Crippen LogP contribution in [0.5, 0.6) is 0 Å². The van der Waals surface area contributed by atoms with Gasteiger partial charge in [-0.1, -0.05) is 18.2 Å². The molecule has 3 aromatic rings. The van der Waals surface area contributed by atoms with Crippen LogP contribution < -0.4 is 0 Å². The molecule has 0 aliphatic carbocycles. The van der Waals surface area contributed by atoms with Crippen LogP contribution in [0.4, 0.5) is 4.39 Å². The maximum atomic E-state index is 14.6. The lowest BCUT2D eigenvalue weighted by molar-refractivity contribution is 0.216. The van der Waals surface area contributed by atoms with Gasteiger partial charge in [-0.15, -0.1) is 0 Å². The Morgan fingerprint density at radius 3 is 2.67 bits per heavy atom. The second-order valence-electron chi connectivity index (χ2n) is 6.23. The van der Waals surface area contributed by atoms with E-state index in [0.717, 1.165) is 37.3 Å². The van der Waals surface area contributed by atoms with Gasteiger partial charge in [0.15, 0.2) is 0 Å². The fourth-order valence-corrected chi connectivity index (χ4v) is 3.59. The molecule has 1 unspecified atom stereocenters. The van der Waals surface area contributed by atoms with E-state index in [1.807, 2.05) is 36.7 Å². The van der Waals surface area contributed by atoms with Crippen molar-refractivity contribution in [2.75, 3.05) is 6.54 Å². The van der Waals surface area contributed by atoms with Crippen molar-refractivity contribution >= 4 is 0 Å². The highest BCUT2D eigenvalue weighted by atomic mass is 19.1. The second-order valence-corrected chi connectivity index (χ2v) is 6.23. The number of fused-ring (bicyclic) bond motifs is 1. The summed E-state index contributed by atoms with van der Waals surface area (Å²) < 4.78 is 16.8. The van der Waals surface area contributed by atoms with Crippen LogP contribution in [0.25, 0.3) is 0 Å². The molecular weight excluding hydrogens is 301 g/mol. The van der Waals surface area contributed by atoms with E-state index < -0.39 is 0 Å². The Labute approximate surface area is 141 Å². The standard InChI is InChI=1S/C20H20FN3/c21-18-6-2-1-5-17(18)20-19-7-3-12-23(19)13-4-14-24(20)15-16-8-10-22-11-9-16/h1-3,5-12,20H,4,13-15H2. The maximum Gasteiger partial charge on any atom is 0.128 e. The first kappa shape index (κ1) is 15.1. The van der Waals surface area contributed by atoms with E-state index in [2.05, 4.69) is 32.8 Å². The van der Waals surface area contributed by atoms with Crippen LogP contribution in [0, 0.1) is 5.82 Å². The van der Waals surface area contributed by atoms with Gasteiger partial charge < -0.3 is 4.57 Å². The molecule has 2 aromatic heterocycles. The molecule has 0 spiro atoms. The Morgan fingerprint density at radius 2 is 1.83 bits per heavy atom. The summed E-state index contributed by atoms with van der Waals surface area (Å²) in [5.41, 5.74) is 3.10. The van der Waals surface area contributed by atoms with Gasteiger partial charge in [0.2, 0.25) is 0 Å². The molecule has 24 heavy (non-hydrogen) atoms. The number of halogens is 1. The van der Waals surface area contributed by atoms with Crippen molar-refractivity contribution in [2.45, 2.75) is 25.6 Å². The van der Waals surface area contributed by atoms with Crippen LogP contribution in [-0.4, -0.2) is 21.0 Å². The predicted molar refractivity (Wildman–Crippen MR) is 91.9 cm³/mol. The van der Waals surface area contributed by atoms with E-state index in [1.165, 1.54) is 5.56 Å². The number of rotatable bonds is 3. The zero-order valence-electron chi connectivity index (χ0n) is 13.5. The van der Waals surface area contributed by atoms with Crippen molar-refractivity contribution in [3.8, 4) is 0 Å². The number of nitrogens with zero attached hydrogens (tertiary/aromatic N) is 3. The minimum atomic E-state index is -0.142. The van der Waals surface area contributed by atoms with Gasteiger partial charge >= 0.3 is 0 Å². The number of pyridine rings is 1. The molecule has 3 heterocycles. The number of aromatic nitrogens is 2. The molecule has 0 amide bonds. The van der Waals surface area contributed by atoms with E-state index in [1.54, 1.807) is 12.1 Å². The quantitative estimate of drug-likeness (QED) is 0.726. The van der Waals surface area contributed by atoms with E-state index in [9.17, 15) is 4.39 Å². The summed E-state index contributed by atoms with van der Waals surface area (Å²) in [6.07, 6.45) is 6.78. The molecule has 1 aliphatic rings. The normalized spacial score (nSPS) is 18.1. The van der Waals surface area contributed by atoms with Gasteiger partial charge in [-0.2, -0.15) is 0 Å². The zero-order chi connectivity index (χ0) is 16.4. The SMILES string of the molecule is Fc1ccccc1C1c2cccn2CCCN1Cc1ccncc1. The van der Waals surface area contributed by atoms with Gasteiger partial charge in [-0.25, -0.2) is 4.39 Å². The molecule has 4 heteroatoms. The Bertz CT molecular complexity index is 813. The van der Waals surface area contributed by atoms with Crippen molar-refractivity contribution in [1.29, 1.82) is 0 Å². The average Bonchev–Trinajstić information content (AvgIpc) is 2.99. The highest BCUT2D eigenvalue weighted by Gasteiger charge is 2.29. The Hall–Kier alpha value is -2.46.